The molecule has 66 valence electrons. The number of rotatable bonds is 2. The highest BCUT2D eigenvalue weighted by molar-refractivity contribution is 5.83. The Morgan fingerprint density at radius 1 is 1.83 bits per heavy atom. The Balaban J connectivity index is 2.82. The van der Waals surface area contributed by atoms with Crippen LogP contribution in [-0.2, 0) is 6.42 Å². The van der Waals surface area contributed by atoms with Crippen molar-refractivity contribution in [1.29, 1.82) is 0 Å². The number of oxime groups is 1. The topological polar surface area (TPSA) is 76.4 Å². The highest BCUT2D eigenvalue weighted by Gasteiger charge is 2.03. The lowest BCUT2D eigenvalue weighted by atomic mass is 10.2. The summed E-state index contributed by atoms with van der Waals surface area (Å²) in [5, 5.41) is 15.4. The molecular weight excluding hydrogens is 156 g/mol. The van der Waals surface area contributed by atoms with Gasteiger partial charge in [-0.15, -0.1) is 0 Å². The minimum atomic E-state index is 0.522. The zero-order valence-electron chi connectivity index (χ0n) is 7.15. The number of nitrogens with two attached hydrogens (primary N) is 1. The van der Waals surface area contributed by atoms with E-state index in [1.165, 1.54) is 4.79 Å². The lowest BCUT2D eigenvalue weighted by molar-refractivity contribution is 0.317. The second kappa shape index (κ2) is 3.25. The normalized spacial score (nSPS) is 12.0. The lowest BCUT2D eigenvalue weighted by Gasteiger charge is -1.98. The van der Waals surface area contributed by atoms with Gasteiger partial charge >= 0.3 is 0 Å². The second-order valence-corrected chi connectivity index (χ2v) is 2.73. The van der Waals surface area contributed by atoms with Gasteiger partial charge in [0.25, 0.3) is 0 Å². The number of hydrogen-bond acceptors (Lipinski definition) is 4. The molecule has 0 atom stereocenters. The molecule has 0 fully saturated rings. The minimum absolute atomic E-state index is 0.522. The Labute approximate surface area is 70.5 Å². The largest absolute Gasteiger partial charge is 0.411 e. The predicted octanol–water partition coefficient (Wildman–Crippen LogP) is 0.298. The van der Waals surface area contributed by atoms with E-state index in [0.29, 0.717) is 12.1 Å². The summed E-state index contributed by atoms with van der Waals surface area (Å²) in [6.45, 7) is 3.58. The third kappa shape index (κ3) is 1.75. The van der Waals surface area contributed by atoms with Crippen LogP contribution in [-0.4, -0.2) is 20.8 Å². The number of aromatic nitrogens is 2. The fourth-order valence-corrected chi connectivity index (χ4v) is 1.000. The second-order valence-electron chi connectivity index (χ2n) is 2.73. The third-order valence-corrected chi connectivity index (χ3v) is 1.54. The standard InChI is InChI=1S/C7H12N4O/c1-5-3-7(11(8)9-5)4-6(2)10-12/h3,12H,4,8H2,1-2H3. The van der Waals surface area contributed by atoms with Crippen LogP contribution in [0.4, 0.5) is 0 Å². The molecule has 1 aromatic heterocycles. The van der Waals surface area contributed by atoms with E-state index in [-0.39, 0.29) is 0 Å². The van der Waals surface area contributed by atoms with Gasteiger partial charge in [0, 0.05) is 6.42 Å². The van der Waals surface area contributed by atoms with Gasteiger partial charge in [-0.2, -0.15) is 9.89 Å². The first-order valence-electron chi connectivity index (χ1n) is 3.61. The van der Waals surface area contributed by atoms with Gasteiger partial charge in [0.2, 0.25) is 0 Å². The molecule has 0 saturated heterocycles. The highest BCUT2D eigenvalue weighted by Crippen LogP contribution is 2.01. The number of hydrogen-bond donors (Lipinski definition) is 2. The molecule has 3 N–H and O–H groups in total. The van der Waals surface area contributed by atoms with Crippen molar-refractivity contribution >= 4 is 5.71 Å². The summed E-state index contributed by atoms with van der Waals surface area (Å²) in [7, 11) is 0. The van der Waals surface area contributed by atoms with Crippen LogP contribution < -0.4 is 5.84 Å². The van der Waals surface area contributed by atoms with Crippen LogP contribution >= 0.6 is 0 Å². The van der Waals surface area contributed by atoms with Crippen LogP contribution in [0.1, 0.15) is 18.3 Å². The maximum atomic E-state index is 8.41. The molecule has 5 nitrogen and oxygen atoms in total. The number of nitrogens with zero attached hydrogens (tertiary/aromatic N) is 3. The molecule has 0 bridgehead atoms. The maximum absolute atomic E-state index is 8.41. The van der Waals surface area contributed by atoms with E-state index in [0.717, 1.165) is 11.4 Å². The molecule has 0 aliphatic carbocycles. The Kier molecular flexibility index (Phi) is 2.32. The van der Waals surface area contributed by atoms with E-state index < -0.39 is 0 Å². The average molecular weight is 168 g/mol. The summed E-state index contributed by atoms with van der Waals surface area (Å²) in [5.41, 5.74) is 2.31. The summed E-state index contributed by atoms with van der Waals surface area (Å²) in [6.07, 6.45) is 0.522. The zero-order valence-corrected chi connectivity index (χ0v) is 7.15. The summed E-state index contributed by atoms with van der Waals surface area (Å²) in [5.74, 6) is 5.51. The van der Waals surface area contributed by atoms with Crippen molar-refractivity contribution in [3.63, 3.8) is 0 Å². The van der Waals surface area contributed by atoms with Crippen LogP contribution in [0.5, 0.6) is 0 Å². The van der Waals surface area contributed by atoms with Crippen molar-refractivity contribution in [3.05, 3.63) is 17.5 Å². The van der Waals surface area contributed by atoms with Gasteiger partial charge in [0.15, 0.2) is 0 Å². The first-order valence-corrected chi connectivity index (χ1v) is 3.61. The monoisotopic (exact) mass is 168 g/mol. The molecule has 1 aromatic rings. The van der Waals surface area contributed by atoms with Crippen LogP contribution in [0.25, 0.3) is 0 Å². The van der Waals surface area contributed by atoms with E-state index in [9.17, 15) is 0 Å². The van der Waals surface area contributed by atoms with Gasteiger partial charge in [-0.25, -0.2) is 0 Å². The summed E-state index contributed by atoms with van der Waals surface area (Å²) >= 11 is 0. The zero-order chi connectivity index (χ0) is 9.14. The van der Waals surface area contributed by atoms with E-state index in [2.05, 4.69) is 10.3 Å². The predicted molar refractivity (Wildman–Crippen MR) is 45.7 cm³/mol. The van der Waals surface area contributed by atoms with Crippen LogP contribution in [0.3, 0.4) is 0 Å². The molecule has 0 aliphatic rings. The lowest BCUT2D eigenvalue weighted by Crippen LogP contribution is -2.15. The Hall–Kier alpha value is -1.52. The Morgan fingerprint density at radius 2 is 2.50 bits per heavy atom. The van der Waals surface area contributed by atoms with E-state index in [4.69, 9.17) is 11.0 Å². The number of nitrogen functional groups attached to an aromatic ring is 1. The van der Waals surface area contributed by atoms with Crippen LogP contribution in [0.2, 0.25) is 0 Å². The third-order valence-electron chi connectivity index (χ3n) is 1.54. The molecule has 0 unspecified atom stereocenters. The molecule has 0 spiro atoms. The van der Waals surface area contributed by atoms with E-state index in [1.54, 1.807) is 6.92 Å². The molecule has 1 rings (SSSR count). The maximum Gasteiger partial charge on any atom is 0.0677 e. The van der Waals surface area contributed by atoms with Gasteiger partial charge in [-0.3, -0.25) is 0 Å². The molecular formula is C7H12N4O. The summed E-state index contributed by atoms with van der Waals surface area (Å²) in [4.78, 5) is 1.30. The quantitative estimate of drug-likeness (QED) is 0.288. The van der Waals surface area contributed by atoms with Crippen molar-refractivity contribution in [3.8, 4) is 0 Å². The molecule has 0 aromatic carbocycles. The summed E-state index contributed by atoms with van der Waals surface area (Å²) < 4.78 is 0. The fourth-order valence-electron chi connectivity index (χ4n) is 1.000. The van der Waals surface area contributed by atoms with Crippen molar-refractivity contribution < 1.29 is 5.21 Å². The summed E-state index contributed by atoms with van der Waals surface area (Å²) in [6, 6.07) is 1.86. The van der Waals surface area contributed by atoms with Gasteiger partial charge < -0.3 is 11.0 Å². The molecule has 12 heavy (non-hydrogen) atoms. The van der Waals surface area contributed by atoms with Crippen LogP contribution in [0.15, 0.2) is 11.2 Å². The molecule has 0 saturated carbocycles. The van der Waals surface area contributed by atoms with Crippen molar-refractivity contribution in [1.82, 2.24) is 9.89 Å². The van der Waals surface area contributed by atoms with Gasteiger partial charge in [0.05, 0.1) is 17.1 Å². The van der Waals surface area contributed by atoms with E-state index >= 15 is 0 Å². The van der Waals surface area contributed by atoms with Crippen molar-refractivity contribution in [2.24, 2.45) is 5.16 Å². The average Bonchev–Trinajstić information content (AvgIpc) is 2.30. The number of aryl methyl sites for hydroxylation is 1. The molecule has 1 heterocycles. The fraction of sp³-hybridized carbons (Fsp3) is 0.429. The van der Waals surface area contributed by atoms with Gasteiger partial charge in [-0.1, -0.05) is 5.16 Å². The van der Waals surface area contributed by atoms with E-state index in [1.807, 2.05) is 13.0 Å². The van der Waals surface area contributed by atoms with Crippen molar-refractivity contribution in [2.45, 2.75) is 20.3 Å². The first-order chi connectivity index (χ1) is 5.63. The smallest absolute Gasteiger partial charge is 0.0677 e. The highest BCUT2D eigenvalue weighted by atomic mass is 16.4. The first kappa shape index (κ1) is 8.58. The molecule has 5 heteroatoms. The van der Waals surface area contributed by atoms with Gasteiger partial charge in [-0.05, 0) is 19.9 Å². The molecule has 0 radical (unpaired) electrons. The SMILES string of the molecule is CC(Cc1cc(C)nn1N)=NO. The Morgan fingerprint density at radius 3 is 2.92 bits per heavy atom. The van der Waals surface area contributed by atoms with Gasteiger partial charge in [0.1, 0.15) is 0 Å². The molecule has 0 aliphatic heterocycles. The molecule has 0 amide bonds. The van der Waals surface area contributed by atoms with Crippen molar-refractivity contribution in [2.75, 3.05) is 5.84 Å². The Bertz CT molecular complexity index is 302. The van der Waals surface area contributed by atoms with Crippen LogP contribution in [0, 0.1) is 6.92 Å². The minimum Gasteiger partial charge on any atom is -0.411 e.